The van der Waals surface area contributed by atoms with Gasteiger partial charge in [0.15, 0.2) is 5.82 Å². The summed E-state index contributed by atoms with van der Waals surface area (Å²) in [5, 5.41) is 4.88. The molecule has 0 fully saturated rings. The fourth-order valence-electron chi connectivity index (χ4n) is 9.18. The average Bonchev–Trinajstić information content (AvgIpc) is 3.88. The van der Waals surface area contributed by atoms with Crippen LogP contribution >= 0.6 is 0 Å². The fraction of sp³-hybridized carbons (Fsp3) is 0. The summed E-state index contributed by atoms with van der Waals surface area (Å²) in [7, 11) is 0. The quantitative estimate of drug-likeness (QED) is 0.161. The van der Waals surface area contributed by atoms with Crippen LogP contribution in [0.25, 0.3) is 111 Å². The SMILES string of the molecule is c1ccc(-c2ccc(-c3cc(-c4cc(-n5c6ccccc6c6ccccc65)cc(-n5c6ccccc6c6ccccc65)c4)nc(-c4ccc(-c5ccccc5)cc4)n3)cc2)cc1. The standard InChI is InChI=1S/C58H38N4/c1-3-15-39(16-4-1)41-27-31-43(32-28-41)52-38-53(60-58(59-52)44-33-29-42(30-34-44)40-17-5-2-6-18-40)45-35-46(61-54-23-11-7-19-48(54)49-20-8-12-24-55(49)61)37-47(36-45)62-56-25-13-9-21-50(56)51-22-10-14-26-57(51)62/h1-38H. The second kappa shape index (κ2) is 14.7. The van der Waals surface area contributed by atoms with Crippen LogP contribution in [0.5, 0.6) is 0 Å². The van der Waals surface area contributed by atoms with Crippen molar-refractivity contribution in [2.75, 3.05) is 0 Å². The summed E-state index contributed by atoms with van der Waals surface area (Å²) >= 11 is 0. The van der Waals surface area contributed by atoms with Crippen LogP contribution in [0.2, 0.25) is 0 Å². The van der Waals surface area contributed by atoms with Gasteiger partial charge in [0.1, 0.15) is 0 Å². The Hall–Kier alpha value is -8.34. The molecule has 0 atom stereocenters. The highest BCUT2D eigenvalue weighted by Gasteiger charge is 2.19. The second-order valence-corrected chi connectivity index (χ2v) is 15.8. The van der Waals surface area contributed by atoms with Crippen LogP contribution in [-0.4, -0.2) is 19.1 Å². The molecule has 3 aromatic heterocycles. The van der Waals surface area contributed by atoms with E-state index < -0.39 is 0 Å². The van der Waals surface area contributed by atoms with Crippen LogP contribution in [0.4, 0.5) is 0 Å². The predicted octanol–water partition coefficient (Wildman–Crippen LogP) is 15.0. The van der Waals surface area contributed by atoms with E-state index in [0.29, 0.717) is 5.82 Å². The maximum Gasteiger partial charge on any atom is 0.160 e. The van der Waals surface area contributed by atoms with Crippen molar-refractivity contribution >= 4 is 43.6 Å². The van der Waals surface area contributed by atoms with Crippen LogP contribution in [0.15, 0.2) is 231 Å². The number of aromatic nitrogens is 4. The molecule has 0 saturated heterocycles. The van der Waals surface area contributed by atoms with Crippen LogP contribution in [0.1, 0.15) is 0 Å². The van der Waals surface area contributed by atoms with E-state index in [4.69, 9.17) is 9.97 Å². The van der Waals surface area contributed by atoms with Crippen LogP contribution in [0.3, 0.4) is 0 Å². The number of hydrogen-bond acceptors (Lipinski definition) is 2. The summed E-state index contributed by atoms with van der Waals surface area (Å²) in [5.74, 6) is 0.671. The van der Waals surface area contributed by atoms with Gasteiger partial charge in [-0.2, -0.15) is 0 Å². The zero-order valence-corrected chi connectivity index (χ0v) is 33.7. The Morgan fingerprint density at radius 3 is 0.984 bits per heavy atom. The van der Waals surface area contributed by atoms with Gasteiger partial charge in [0.2, 0.25) is 0 Å². The molecule has 0 bridgehead atoms. The monoisotopic (exact) mass is 790 g/mol. The summed E-state index contributed by atoms with van der Waals surface area (Å²) in [5.41, 5.74) is 16.1. The van der Waals surface area contributed by atoms with Crippen molar-refractivity contribution in [2.24, 2.45) is 0 Å². The largest absolute Gasteiger partial charge is 0.309 e. The lowest BCUT2D eigenvalue weighted by molar-refractivity contribution is 1.13. The highest BCUT2D eigenvalue weighted by Crippen LogP contribution is 2.39. The van der Waals surface area contributed by atoms with Gasteiger partial charge in [-0.15, -0.1) is 0 Å². The van der Waals surface area contributed by atoms with E-state index in [0.717, 1.165) is 72.6 Å². The van der Waals surface area contributed by atoms with Crippen molar-refractivity contribution in [1.82, 2.24) is 19.1 Å². The van der Waals surface area contributed by atoms with Crippen molar-refractivity contribution in [3.63, 3.8) is 0 Å². The predicted molar refractivity (Wildman–Crippen MR) is 258 cm³/mol. The maximum atomic E-state index is 5.43. The minimum atomic E-state index is 0.671. The van der Waals surface area contributed by atoms with E-state index >= 15 is 0 Å². The van der Waals surface area contributed by atoms with E-state index in [-0.39, 0.29) is 0 Å². The molecule has 12 aromatic rings. The summed E-state index contributed by atoms with van der Waals surface area (Å²) in [4.78, 5) is 10.7. The average molecular weight is 791 g/mol. The maximum absolute atomic E-state index is 5.43. The third kappa shape index (κ3) is 6.08. The van der Waals surface area contributed by atoms with Crippen molar-refractivity contribution in [2.45, 2.75) is 0 Å². The Morgan fingerprint density at radius 2 is 0.565 bits per heavy atom. The lowest BCUT2D eigenvalue weighted by Crippen LogP contribution is -2.01. The molecular weight excluding hydrogens is 753 g/mol. The first-order chi connectivity index (χ1) is 30.7. The molecule has 290 valence electrons. The highest BCUT2D eigenvalue weighted by atomic mass is 15.0. The van der Waals surface area contributed by atoms with Crippen molar-refractivity contribution in [3.05, 3.63) is 231 Å². The van der Waals surface area contributed by atoms with Gasteiger partial charge in [-0.3, -0.25) is 0 Å². The molecule has 4 heteroatoms. The fourth-order valence-corrected chi connectivity index (χ4v) is 9.18. The van der Waals surface area contributed by atoms with Gasteiger partial charge in [0.25, 0.3) is 0 Å². The molecule has 4 nitrogen and oxygen atoms in total. The lowest BCUT2D eigenvalue weighted by Gasteiger charge is -2.16. The topological polar surface area (TPSA) is 35.6 Å². The molecule has 0 aliphatic carbocycles. The Bertz CT molecular complexity index is 3260. The summed E-state index contributed by atoms with van der Waals surface area (Å²) < 4.78 is 4.80. The molecule has 9 aromatic carbocycles. The number of benzene rings is 9. The first kappa shape index (κ1) is 35.6. The first-order valence-electron chi connectivity index (χ1n) is 21.1. The van der Waals surface area contributed by atoms with Gasteiger partial charge >= 0.3 is 0 Å². The summed E-state index contributed by atoms with van der Waals surface area (Å²) in [6.45, 7) is 0. The van der Waals surface area contributed by atoms with E-state index in [9.17, 15) is 0 Å². The van der Waals surface area contributed by atoms with Gasteiger partial charge in [-0.05, 0) is 70.8 Å². The molecule has 0 aliphatic rings. The Morgan fingerprint density at radius 1 is 0.242 bits per heavy atom. The van der Waals surface area contributed by atoms with Gasteiger partial charge < -0.3 is 9.13 Å². The minimum absolute atomic E-state index is 0.671. The lowest BCUT2D eigenvalue weighted by atomic mass is 10.0. The Kier molecular flexibility index (Phi) is 8.46. The number of rotatable bonds is 7. The van der Waals surface area contributed by atoms with Gasteiger partial charge in [-0.25, -0.2) is 9.97 Å². The normalized spacial score (nSPS) is 11.5. The van der Waals surface area contributed by atoms with Crippen molar-refractivity contribution in [1.29, 1.82) is 0 Å². The number of nitrogens with zero attached hydrogens (tertiary/aromatic N) is 4. The Balaban J connectivity index is 1.11. The molecule has 0 amide bonds. The molecule has 3 heterocycles. The zero-order valence-electron chi connectivity index (χ0n) is 33.7. The van der Waals surface area contributed by atoms with Gasteiger partial charge in [-0.1, -0.05) is 182 Å². The molecule has 0 saturated carbocycles. The zero-order chi connectivity index (χ0) is 41.0. The van der Waals surface area contributed by atoms with Gasteiger partial charge in [0.05, 0.1) is 33.5 Å². The smallest absolute Gasteiger partial charge is 0.160 e. The van der Waals surface area contributed by atoms with E-state index in [1.807, 2.05) is 6.07 Å². The van der Waals surface area contributed by atoms with Crippen LogP contribution in [-0.2, 0) is 0 Å². The number of fused-ring (bicyclic) bond motifs is 6. The molecule has 62 heavy (non-hydrogen) atoms. The molecular formula is C58H38N4. The van der Waals surface area contributed by atoms with Gasteiger partial charge in [0, 0.05) is 49.6 Å². The third-order valence-electron chi connectivity index (χ3n) is 12.1. The molecule has 12 rings (SSSR count). The van der Waals surface area contributed by atoms with Crippen molar-refractivity contribution < 1.29 is 0 Å². The molecule has 0 N–H and O–H groups in total. The minimum Gasteiger partial charge on any atom is -0.309 e. The first-order valence-corrected chi connectivity index (χ1v) is 21.1. The summed E-state index contributed by atoms with van der Waals surface area (Å²) in [6.07, 6.45) is 0. The van der Waals surface area contributed by atoms with E-state index in [1.54, 1.807) is 0 Å². The van der Waals surface area contributed by atoms with Crippen molar-refractivity contribution in [3.8, 4) is 67.5 Å². The molecule has 0 unspecified atom stereocenters. The molecule has 0 radical (unpaired) electrons. The number of hydrogen-bond donors (Lipinski definition) is 0. The molecule has 0 aliphatic heterocycles. The Labute approximate surface area is 359 Å². The molecule has 0 spiro atoms. The van der Waals surface area contributed by atoms with E-state index in [2.05, 4.69) is 234 Å². The summed E-state index contributed by atoms with van der Waals surface area (Å²) in [6, 6.07) is 82.2. The third-order valence-corrected chi connectivity index (χ3v) is 12.1. The van der Waals surface area contributed by atoms with Crippen LogP contribution < -0.4 is 0 Å². The van der Waals surface area contributed by atoms with E-state index in [1.165, 1.54) is 32.7 Å². The number of para-hydroxylation sites is 4. The second-order valence-electron chi connectivity index (χ2n) is 15.8. The van der Waals surface area contributed by atoms with Crippen LogP contribution in [0, 0.1) is 0 Å². The highest BCUT2D eigenvalue weighted by molar-refractivity contribution is 6.10.